The first-order valence-corrected chi connectivity index (χ1v) is 7.65. The number of aliphatic imine (C=N–C) groups is 1. The molecule has 0 aromatic heterocycles. The van der Waals surface area contributed by atoms with Gasteiger partial charge in [0.25, 0.3) is 0 Å². The van der Waals surface area contributed by atoms with E-state index in [4.69, 9.17) is 16.3 Å². The van der Waals surface area contributed by atoms with Gasteiger partial charge in [-0.25, -0.2) is 0 Å². The van der Waals surface area contributed by atoms with Crippen molar-refractivity contribution in [2.45, 2.75) is 6.54 Å². The van der Waals surface area contributed by atoms with Crippen LogP contribution >= 0.6 is 35.6 Å². The first-order valence-electron chi connectivity index (χ1n) is 7.27. The highest BCUT2D eigenvalue weighted by atomic mass is 127. The van der Waals surface area contributed by atoms with Crippen LogP contribution in [0.2, 0.25) is 5.02 Å². The number of halogens is 2. The summed E-state index contributed by atoms with van der Waals surface area (Å²) in [6.45, 7) is 6.31. The molecule has 1 fully saturated rings. The van der Waals surface area contributed by atoms with E-state index in [-0.39, 0.29) is 24.0 Å². The topological polar surface area (TPSA) is 48.9 Å². The minimum absolute atomic E-state index is 0. The van der Waals surface area contributed by atoms with Gasteiger partial charge in [-0.05, 0) is 17.7 Å². The van der Waals surface area contributed by atoms with Crippen molar-refractivity contribution in [3.05, 3.63) is 34.9 Å². The van der Waals surface area contributed by atoms with Crippen LogP contribution in [0.1, 0.15) is 5.56 Å². The van der Waals surface area contributed by atoms with E-state index in [2.05, 4.69) is 20.5 Å². The van der Waals surface area contributed by atoms with Crippen LogP contribution in [0.3, 0.4) is 0 Å². The molecule has 1 aliphatic heterocycles. The van der Waals surface area contributed by atoms with Crippen LogP contribution in [0.15, 0.2) is 29.3 Å². The predicted octanol–water partition coefficient (Wildman–Crippen LogP) is 1.96. The Morgan fingerprint density at radius 1 is 1.23 bits per heavy atom. The third-order valence-corrected chi connectivity index (χ3v) is 3.67. The summed E-state index contributed by atoms with van der Waals surface area (Å²) in [6.07, 6.45) is 0. The number of hydrogen-bond donors (Lipinski definition) is 2. The van der Waals surface area contributed by atoms with Gasteiger partial charge in [0.1, 0.15) is 0 Å². The molecule has 0 aliphatic carbocycles. The average Bonchev–Trinajstić information content (AvgIpc) is 2.53. The zero-order valence-corrected chi connectivity index (χ0v) is 15.9. The summed E-state index contributed by atoms with van der Waals surface area (Å²) < 4.78 is 5.34. The molecule has 1 saturated heterocycles. The van der Waals surface area contributed by atoms with Crippen LogP contribution in [0, 0.1) is 0 Å². The van der Waals surface area contributed by atoms with Gasteiger partial charge < -0.3 is 15.4 Å². The lowest BCUT2D eigenvalue weighted by Crippen LogP contribution is -2.44. The van der Waals surface area contributed by atoms with Crippen molar-refractivity contribution >= 4 is 41.5 Å². The molecule has 124 valence electrons. The zero-order valence-electron chi connectivity index (χ0n) is 12.8. The quantitative estimate of drug-likeness (QED) is 0.419. The molecule has 0 amide bonds. The van der Waals surface area contributed by atoms with Gasteiger partial charge in [-0.15, -0.1) is 24.0 Å². The van der Waals surface area contributed by atoms with E-state index < -0.39 is 0 Å². The van der Waals surface area contributed by atoms with Crippen molar-refractivity contribution in [3.8, 4) is 0 Å². The maximum absolute atomic E-state index is 5.87. The second kappa shape index (κ2) is 11.0. The fraction of sp³-hybridized carbons (Fsp3) is 0.533. The van der Waals surface area contributed by atoms with Crippen molar-refractivity contribution in [1.29, 1.82) is 0 Å². The van der Waals surface area contributed by atoms with E-state index in [9.17, 15) is 0 Å². The predicted molar refractivity (Wildman–Crippen MR) is 102 cm³/mol. The zero-order chi connectivity index (χ0) is 14.9. The van der Waals surface area contributed by atoms with Crippen LogP contribution in [-0.2, 0) is 11.3 Å². The van der Waals surface area contributed by atoms with E-state index in [0.29, 0.717) is 0 Å². The molecule has 1 aromatic rings. The number of nitrogens with zero attached hydrogens (tertiary/aromatic N) is 2. The van der Waals surface area contributed by atoms with Gasteiger partial charge in [-0.2, -0.15) is 0 Å². The molecule has 0 atom stereocenters. The second-order valence-corrected chi connectivity index (χ2v) is 5.37. The molecule has 0 saturated carbocycles. The summed E-state index contributed by atoms with van der Waals surface area (Å²) in [5, 5.41) is 7.38. The monoisotopic (exact) mass is 438 g/mol. The summed E-state index contributed by atoms with van der Waals surface area (Å²) in [4.78, 5) is 6.62. The molecule has 0 radical (unpaired) electrons. The third-order valence-electron chi connectivity index (χ3n) is 3.42. The standard InChI is InChI=1S/C15H23ClN4O.HI/c1-17-15(18-6-7-20-8-10-21-11-9-20)19-12-13-2-4-14(16)5-3-13;/h2-5H,6-12H2,1H3,(H2,17,18,19);1H. The average molecular weight is 439 g/mol. The second-order valence-electron chi connectivity index (χ2n) is 4.93. The number of ether oxygens (including phenoxy) is 1. The Kier molecular flexibility index (Phi) is 9.77. The summed E-state index contributed by atoms with van der Waals surface area (Å²) in [7, 11) is 1.78. The number of guanidine groups is 1. The molecule has 0 bridgehead atoms. The largest absolute Gasteiger partial charge is 0.379 e. The molecular formula is C15H24ClIN4O. The molecule has 22 heavy (non-hydrogen) atoms. The molecular weight excluding hydrogens is 415 g/mol. The van der Waals surface area contributed by atoms with Crippen LogP contribution in [0.25, 0.3) is 0 Å². The van der Waals surface area contributed by atoms with Gasteiger partial charge in [0.05, 0.1) is 13.2 Å². The highest BCUT2D eigenvalue weighted by molar-refractivity contribution is 14.0. The lowest BCUT2D eigenvalue weighted by atomic mass is 10.2. The first kappa shape index (κ1) is 19.5. The van der Waals surface area contributed by atoms with Crippen molar-refractivity contribution in [2.75, 3.05) is 46.4 Å². The van der Waals surface area contributed by atoms with Crippen LogP contribution in [0.4, 0.5) is 0 Å². The minimum atomic E-state index is 0. The summed E-state index contributed by atoms with van der Waals surface area (Å²) in [6, 6.07) is 7.81. The summed E-state index contributed by atoms with van der Waals surface area (Å²) in [5.74, 6) is 0.818. The Morgan fingerprint density at radius 3 is 2.55 bits per heavy atom. The SMILES string of the molecule is CN=C(NCCN1CCOCC1)NCc1ccc(Cl)cc1.I. The van der Waals surface area contributed by atoms with Crippen molar-refractivity contribution in [2.24, 2.45) is 4.99 Å². The van der Waals surface area contributed by atoms with Gasteiger partial charge in [0.2, 0.25) is 0 Å². The number of rotatable bonds is 5. The molecule has 5 nitrogen and oxygen atoms in total. The van der Waals surface area contributed by atoms with E-state index >= 15 is 0 Å². The Balaban J connectivity index is 0.00000242. The third kappa shape index (κ3) is 7.13. The minimum Gasteiger partial charge on any atom is -0.379 e. The maximum Gasteiger partial charge on any atom is 0.191 e. The van der Waals surface area contributed by atoms with E-state index in [1.807, 2.05) is 24.3 Å². The summed E-state index contributed by atoms with van der Waals surface area (Å²) in [5.41, 5.74) is 1.18. The fourth-order valence-corrected chi connectivity index (χ4v) is 2.29. The normalized spacial score (nSPS) is 16.0. The number of hydrogen-bond acceptors (Lipinski definition) is 3. The Bertz CT molecular complexity index is 449. The van der Waals surface area contributed by atoms with Crippen LogP contribution in [0.5, 0.6) is 0 Å². The lowest BCUT2D eigenvalue weighted by molar-refractivity contribution is 0.0389. The Hall–Kier alpha value is -0.570. The molecule has 0 unspecified atom stereocenters. The summed E-state index contributed by atoms with van der Waals surface area (Å²) >= 11 is 5.87. The smallest absolute Gasteiger partial charge is 0.191 e. The van der Waals surface area contributed by atoms with E-state index in [1.54, 1.807) is 7.05 Å². The van der Waals surface area contributed by atoms with Gasteiger partial charge in [-0.3, -0.25) is 9.89 Å². The van der Waals surface area contributed by atoms with Crippen LogP contribution < -0.4 is 10.6 Å². The van der Waals surface area contributed by atoms with Crippen LogP contribution in [-0.4, -0.2) is 57.3 Å². The number of benzene rings is 1. The maximum atomic E-state index is 5.87. The Morgan fingerprint density at radius 2 is 1.91 bits per heavy atom. The van der Waals surface area contributed by atoms with Gasteiger partial charge in [-0.1, -0.05) is 23.7 Å². The molecule has 2 N–H and O–H groups in total. The van der Waals surface area contributed by atoms with E-state index in [0.717, 1.165) is 56.9 Å². The van der Waals surface area contributed by atoms with Crippen molar-refractivity contribution in [1.82, 2.24) is 15.5 Å². The molecule has 1 heterocycles. The molecule has 0 spiro atoms. The van der Waals surface area contributed by atoms with Crippen molar-refractivity contribution in [3.63, 3.8) is 0 Å². The van der Waals surface area contributed by atoms with Gasteiger partial charge >= 0.3 is 0 Å². The van der Waals surface area contributed by atoms with Gasteiger partial charge in [0.15, 0.2) is 5.96 Å². The van der Waals surface area contributed by atoms with Crippen molar-refractivity contribution < 1.29 is 4.74 Å². The molecule has 1 aliphatic rings. The molecule has 7 heteroatoms. The van der Waals surface area contributed by atoms with Gasteiger partial charge in [0, 0.05) is 44.8 Å². The highest BCUT2D eigenvalue weighted by Crippen LogP contribution is 2.08. The fourth-order valence-electron chi connectivity index (χ4n) is 2.17. The number of nitrogens with one attached hydrogen (secondary N) is 2. The molecule has 2 rings (SSSR count). The number of morpholine rings is 1. The highest BCUT2D eigenvalue weighted by Gasteiger charge is 2.09. The first-order chi connectivity index (χ1) is 10.3. The molecule has 1 aromatic carbocycles. The Labute approximate surface area is 154 Å². The van der Waals surface area contributed by atoms with E-state index in [1.165, 1.54) is 5.56 Å². The lowest BCUT2D eigenvalue weighted by Gasteiger charge is -2.26.